The van der Waals surface area contributed by atoms with E-state index in [1.165, 1.54) is 0 Å². The molecule has 1 aliphatic rings. The number of para-hydroxylation sites is 1. The maximum Gasteiger partial charge on any atom is 0.229 e. The highest BCUT2D eigenvalue weighted by atomic mass is 16.6. The summed E-state index contributed by atoms with van der Waals surface area (Å²) in [7, 11) is 0. The first-order valence-corrected chi connectivity index (χ1v) is 20.2. The highest BCUT2D eigenvalue weighted by molar-refractivity contribution is 5.95. The number of terminal acetylenes is 1. The van der Waals surface area contributed by atoms with Gasteiger partial charge in [0.2, 0.25) is 11.8 Å². The summed E-state index contributed by atoms with van der Waals surface area (Å²) in [6, 6.07) is 15.6. The van der Waals surface area contributed by atoms with Crippen LogP contribution in [0.1, 0.15) is 90.8 Å². The predicted molar refractivity (Wildman–Crippen MR) is 225 cm³/mol. The number of rotatable bonds is 25. The third-order valence-electron chi connectivity index (χ3n) is 7.66. The summed E-state index contributed by atoms with van der Waals surface area (Å²) >= 11 is 0. The highest BCUT2D eigenvalue weighted by Crippen LogP contribution is 2.25. The lowest BCUT2D eigenvalue weighted by Gasteiger charge is -2.26. The minimum Gasteiger partial charge on any atom is -0.381 e. The summed E-state index contributed by atoms with van der Waals surface area (Å²) in [5.41, 5.74) is 3.58. The van der Waals surface area contributed by atoms with Gasteiger partial charge >= 0.3 is 0 Å². The Labute approximate surface area is 338 Å². The molecule has 0 fully saturated rings. The molecule has 10 nitrogen and oxygen atoms in total. The van der Waals surface area contributed by atoms with Gasteiger partial charge in [0.05, 0.1) is 71.7 Å². The molecule has 0 radical (unpaired) electrons. The maximum absolute atomic E-state index is 13.1. The summed E-state index contributed by atoms with van der Waals surface area (Å²) in [4.78, 5) is 26.9. The van der Waals surface area contributed by atoms with Crippen molar-refractivity contribution in [3.05, 3.63) is 65.2 Å². The molecule has 0 saturated carbocycles. The van der Waals surface area contributed by atoms with E-state index in [-0.39, 0.29) is 18.2 Å². The molecule has 1 N–H and O–H groups in total. The summed E-state index contributed by atoms with van der Waals surface area (Å²) < 4.78 is 32.0. The largest absolute Gasteiger partial charge is 0.381 e. The SMILES string of the molecule is C#CCOCCOCCOCCOCCOCCC(C)C.CC(C)C.CC(C)CCOCCC(=O)NCCC(=O)N1Cc2ccccc2C#Cc2ccccc21. The van der Waals surface area contributed by atoms with Gasteiger partial charge in [-0.3, -0.25) is 9.59 Å². The number of nitrogens with zero attached hydrogens (tertiary/aromatic N) is 1. The van der Waals surface area contributed by atoms with E-state index < -0.39 is 0 Å². The predicted octanol–water partition coefficient (Wildman–Crippen LogP) is 7.30. The highest BCUT2D eigenvalue weighted by Gasteiger charge is 2.21. The molecule has 2 aromatic carbocycles. The van der Waals surface area contributed by atoms with Crippen molar-refractivity contribution in [2.75, 3.05) is 90.7 Å². The number of nitrogens with one attached hydrogen (secondary N) is 1. The van der Waals surface area contributed by atoms with Gasteiger partial charge in [-0.15, -0.1) is 6.42 Å². The standard InChI is InChI=1S/C26H30N2O3.C16H30O5.C4H10/c1-20(2)14-17-31-18-15-25(29)27-16-13-26(30)28-19-23-9-4-3-7-21(23)11-12-22-8-5-6-10-24(22)28;1-4-6-17-8-10-19-12-14-21-15-13-20-11-9-18-7-5-16(2)3;1-4(2)3/h3-10,20H,13-19H2,1-2H3,(H,27,29);1,16H,5-15H2,2-3H3;4H,1-3H3. The van der Waals surface area contributed by atoms with Gasteiger partial charge in [0.25, 0.3) is 0 Å². The van der Waals surface area contributed by atoms with Gasteiger partial charge in [-0.05, 0) is 54.4 Å². The fourth-order valence-electron chi connectivity index (χ4n) is 4.66. The fourth-order valence-corrected chi connectivity index (χ4v) is 4.66. The Bertz CT molecular complexity index is 1420. The van der Waals surface area contributed by atoms with E-state index in [0.29, 0.717) is 104 Å². The lowest BCUT2D eigenvalue weighted by atomic mass is 10.0. The van der Waals surface area contributed by atoms with Crippen molar-refractivity contribution >= 4 is 17.5 Å². The second-order valence-electron chi connectivity index (χ2n) is 14.7. The molecule has 2 aromatic rings. The van der Waals surface area contributed by atoms with Crippen molar-refractivity contribution < 1.29 is 38.0 Å². The van der Waals surface area contributed by atoms with Crippen molar-refractivity contribution in [2.24, 2.45) is 17.8 Å². The molecule has 0 aliphatic carbocycles. The van der Waals surface area contributed by atoms with E-state index in [1.807, 2.05) is 48.5 Å². The molecule has 3 rings (SSSR count). The van der Waals surface area contributed by atoms with Gasteiger partial charge in [-0.25, -0.2) is 0 Å². The van der Waals surface area contributed by atoms with E-state index in [2.05, 4.69) is 71.5 Å². The van der Waals surface area contributed by atoms with Gasteiger partial charge in [0.15, 0.2) is 0 Å². The lowest BCUT2D eigenvalue weighted by Crippen LogP contribution is -2.35. The monoisotopic (exact) mass is 779 g/mol. The Morgan fingerprint density at radius 3 is 1.68 bits per heavy atom. The van der Waals surface area contributed by atoms with Gasteiger partial charge in [0.1, 0.15) is 6.61 Å². The van der Waals surface area contributed by atoms with Crippen LogP contribution in [0.5, 0.6) is 0 Å². The van der Waals surface area contributed by atoms with Crippen LogP contribution in [0.3, 0.4) is 0 Å². The Hall–Kier alpha value is -3.74. The molecular formula is C46H70N2O8. The average Bonchev–Trinajstić information content (AvgIpc) is 3.15. The Morgan fingerprint density at radius 1 is 0.661 bits per heavy atom. The van der Waals surface area contributed by atoms with Gasteiger partial charge in [-0.1, -0.05) is 96.6 Å². The van der Waals surface area contributed by atoms with Crippen molar-refractivity contribution in [1.82, 2.24) is 5.32 Å². The smallest absolute Gasteiger partial charge is 0.229 e. The normalized spacial score (nSPS) is 11.5. The lowest BCUT2D eigenvalue weighted by molar-refractivity contribution is -0.122. The molecule has 2 amide bonds. The first kappa shape index (κ1) is 50.3. The van der Waals surface area contributed by atoms with Crippen LogP contribution >= 0.6 is 0 Å². The van der Waals surface area contributed by atoms with Crippen LogP contribution in [0.15, 0.2) is 48.5 Å². The summed E-state index contributed by atoms with van der Waals surface area (Å²) in [5.74, 6) is 10.8. The summed E-state index contributed by atoms with van der Waals surface area (Å²) in [6.45, 7) is 22.7. The number of fused-ring (bicyclic) bond motifs is 2. The molecular weight excluding hydrogens is 709 g/mol. The second kappa shape index (κ2) is 33.4. The van der Waals surface area contributed by atoms with Crippen LogP contribution in [-0.4, -0.2) is 97.6 Å². The molecule has 312 valence electrons. The number of carbonyl (C=O) groups is 2. The fraction of sp³-hybridized carbons (Fsp3) is 0.609. The van der Waals surface area contributed by atoms with E-state index >= 15 is 0 Å². The summed E-state index contributed by atoms with van der Waals surface area (Å²) in [5, 5.41) is 2.83. The van der Waals surface area contributed by atoms with Crippen molar-refractivity contribution in [3.63, 3.8) is 0 Å². The molecule has 56 heavy (non-hydrogen) atoms. The first-order valence-electron chi connectivity index (χ1n) is 20.2. The second-order valence-corrected chi connectivity index (χ2v) is 14.7. The van der Waals surface area contributed by atoms with Crippen LogP contribution in [0.25, 0.3) is 0 Å². The minimum absolute atomic E-state index is 0.0422. The first-order chi connectivity index (χ1) is 27.0. The number of ether oxygens (including phenoxy) is 6. The van der Waals surface area contributed by atoms with Gasteiger partial charge in [-0.2, -0.15) is 0 Å². The van der Waals surface area contributed by atoms with E-state index in [4.69, 9.17) is 34.8 Å². The molecule has 0 unspecified atom stereocenters. The molecule has 0 atom stereocenters. The zero-order valence-corrected chi connectivity index (χ0v) is 35.4. The van der Waals surface area contributed by atoms with Gasteiger partial charge in [0, 0.05) is 43.7 Å². The van der Waals surface area contributed by atoms with Crippen molar-refractivity contribution in [1.29, 1.82) is 0 Å². The molecule has 0 aromatic heterocycles. The third-order valence-corrected chi connectivity index (χ3v) is 7.66. The van der Waals surface area contributed by atoms with Crippen molar-refractivity contribution in [2.45, 2.75) is 80.7 Å². The van der Waals surface area contributed by atoms with Crippen molar-refractivity contribution in [3.8, 4) is 24.2 Å². The number of amides is 2. The maximum atomic E-state index is 13.1. The van der Waals surface area contributed by atoms with E-state index in [1.54, 1.807) is 4.90 Å². The van der Waals surface area contributed by atoms with Gasteiger partial charge < -0.3 is 38.6 Å². The molecule has 0 spiro atoms. The molecule has 10 heteroatoms. The number of hydrogen-bond acceptors (Lipinski definition) is 8. The zero-order chi connectivity index (χ0) is 41.2. The summed E-state index contributed by atoms with van der Waals surface area (Å²) in [6.07, 6.45) is 7.65. The van der Waals surface area contributed by atoms with Crippen LogP contribution in [-0.2, 0) is 44.6 Å². The third kappa shape index (κ3) is 27.0. The molecule has 1 heterocycles. The molecule has 0 bridgehead atoms. The van der Waals surface area contributed by atoms with E-state index in [0.717, 1.165) is 47.7 Å². The van der Waals surface area contributed by atoms with E-state index in [9.17, 15) is 9.59 Å². The quantitative estimate of drug-likeness (QED) is 0.0828. The average molecular weight is 779 g/mol. The number of hydrogen-bond donors (Lipinski definition) is 1. The molecule has 1 aliphatic heterocycles. The minimum atomic E-state index is -0.0957. The van der Waals surface area contributed by atoms with Crippen LogP contribution in [0.2, 0.25) is 0 Å². The number of carbonyl (C=O) groups excluding carboxylic acids is 2. The number of benzene rings is 2. The Morgan fingerprint density at radius 2 is 1.12 bits per heavy atom. The Kier molecular flexibility index (Phi) is 30.0. The van der Waals surface area contributed by atoms with Crippen LogP contribution in [0, 0.1) is 41.9 Å². The van der Waals surface area contributed by atoms with Crippen LogP contribution in [0.4, 0.5) is 5.69 Å². The number of anilines is 1. The Balaban J connectivity index is 0.000000546. The van der Waals surface area contributed by atoms with Crippen LogP contribution < -0.4 is 10.2 Å². The molecule has 0 saturated heterocycles. The zero-order valence-electron chi connectivity index (χ0n) is 35.4. The topological polar surface area (TPSA) is 105 Å².